The number of aromatic nitrogens is 1. The molecule has 0 unspecified atom stereocenters. The summed E-state index contributed by atoms with van der Waals surface area (Å²) < 4.78 is 0. The molecule has 0 saturated carbocycles. The SMILES string of the molecule is CCN(C(=O)c1c[nH]c(C)cc1=O)C(C)(C)C(=O)O. The lowest BCUT2D eigenvalue weighted by atomic mass is 10.0. The Kier molecular flexibility index (Phi) is 4.14. The van der Waals surface area contributed by atoms with Crippen LogP contribution in [0.2, 0.25) is 0 Å². The summed E-state index contributed by atoms with van der Waals surface area (Å²) in [7, 11) is 0. The van der Waals surface area contributed by atoms with Crippen molar-refractivity contribution in [2.75, 3.05) is 6.54 Å². The van der Waals surface area contributed by atoms with Gasteiger partial charge in [0, 0.05) is 24.5 Å². The van der Waals surface area contributed by atoms with Crippen molar-refractivity contribution in [1.82, 2.24) is 9.88 Å². The second-order valence-electron chi connectivity index (χ2n) is 4.81. The first kappa shape index (κ1) is 14.9. The van der Waals surface area contributed by atoms with Crippen molar-refractivity contribution in [1.29, 1.82) is 0 Å². The van der Waals surface area contributed by atoms with Crippen molar-refractivity contribution in [3.05, 3.63) is 33.7 Å². The second-order valence-corrected chi connectivity index (χ2v) is 4.81. The Hall–Kier alpha value is -2.11. The third-order valence-corrected chi connectivity index (χ3v) is 3.05. The van der Waals surface area contributed by atoms with Gasteiger partial charge in [-0.3, -0.25) is 9.59 Å². The van der Waals surface area contributed by atoms with Crippen molar-refractivity contribution in [2.45, 2.75) is 33.2 Å². The minimum Gasteiger partial charge on any atom is -0.480 e. The van der Waals surface area contributed by atoms with Gasteiger partial charge in [-0.1, -0.05) is 0 Å². The highest BCUT2D eigenvalue weighted by Gasteiger charge is 2.37. The lowest BCUT2D eigenvalue weighted by molar-refractivity contribution is -0.147. The zero-order valence-electron chi connectivity index (χ0n) is 11.5. The minimum atomic E-state index is -1.37. The monoisotopic (exact) mass is 266 g/mol. The van der Waals surface area contributed by atoms with Crippen LogP contribution in [-0.2, 0) is 4.79 Å². The van der Waals surface area contributed by atoms with Crippen LogP contribution in [0, 0.1) is 6.92 Å². The fourth-order valence-corrected chi connectivity index (χ4v) is 1.79. The van der Waals surface area contributed by atoms with Crippen LogP contribution in [0.3, 0.4) is 0 Å². The lowest BCUT2D eigenvalue weighted by Crippen LogP contribution is -2.53. The van der Waals surface area contributed by atoms with Crippen LogP contribution in [0.1, 0.15) is 36.8 Å². The number of carbonyl (C=O) groups excluding carboxylic acids is 1. The van der Waals surface area contributed by atoms with Crippen molar-refractivity contribution in [3.8, 4) is 0 Å². The molecule has 0 saturated heterocycles. The average molecular weight is 266 g/mol. The molecule has 0 fully saturated rings. The lowest BCUT2D eigenvalue weighted by Gasteiger charge is -2.34. The molecule has 0 aliphatic carbocycles. The van der Waals surface area contributed by atoms with Crippen LogP contribution in [-0.4, -0.2) is 39.0 Å². The molecule has 1 amide bonds. The van der Waals surface area contributed by atoms with E-state index >= 15 is 0 Å². The van der Waals surface area contributed by atoms with Crippen molar-refractivity contribution < 1.29 is 14.7 Å². The Balaban J connectivity index is 3.23. The smallest absolute Gasteiger partial charge is 0.329 e. The first-order valence-corrected chi connectivity index (χ1v) is 5.96. The molecule has 1 rings (SSSR count). The maximum atomic E-state index is 12.3. The van der Waals surface area contributed by atoms with Crippen LogP contribution in [0.15, 0.2) is 17.1 Å². The molecule has 0 aliphatic rings. The van der Waals surface area contributed by atoms with Gasteiger partial charge in [0.1, 0.15) is 11.1 Å². The summed E-state index contributed by atoms with van der Waals surface area (Å²) in [6, 6.07) is 1.31. The van der Waals surface area contributed by atoms with E-state index in [4.69, 9.17) is 0 Å². The maximum Gasteiger partial charge on any atom is 0.329 e. The molecular weight excluding hydrogens is 248 g/mol. The van der Waals surface area contributed by atoms with Gasteiger partial charge in [-0.05, 0) is 27.7 Å². The molecule has 0 aliphatic heterocycles. The zero-order chi connectivity index (χ0) is 14.8. The number of likely N-dealkylation sites (N-methyl/N-ethyl adjacent to an activating group) is 1. The van der Waals surface area contributed by atoms with Gasteiger partial charge in [0.05, 0.1) is 0 Å². The van der Waals surface area contributed by atoms with Crippen molar-refractivity contribution in [2.24, 2.45) is 0 Å². The molecular formula is C13H18N2O4. The number of rotatable bonds is 4. The van der Waals surface area contributed by atoms with Gasteiger partial charge in [-0.25, -0.2) is 4.79 Å². The number of hydrogen-bond donors (Lipinski definition) is 2. The van der Waals surface area contributed by atoms with E-state index in [9.17, 15) is 19.5 Å². The number of amides is 1. The number of pyridine rings is 1. The molecule has 1 aromatic heterocycles. The standard InChI is InChI=1S/C13H18N2O4/c1-5-15(13(3,4)12(18)19)11(17)9-7-14-8(2)6-10(9)16/h6-7H,5H2,1-4H3,(H,14,16)(H,18,19). The first-order valence-electron chi connectivity index (χ1n) is 5.96. The molecule has 2 N–H and O–H groups in total. The number of carbonyl (C=O) groups is 2. The molecule has 0 atom stereocenters. The normalized spacial score (nSPS) is 11.2. The number of carboxylic acids is 1. The molecule has 0 bridgehead atoms. The quantitative estimate of drug-likeness (QED) is 0.851. The van der Waals surface area contributed by atoms with E-state index < -0.39 is 22.8 Å². The highest BCUT2D eigenvalue weighted by Crippen LogP contribution is 2.16. The first-order chi connectivity index (χ1) is 8.71. The number of nitrogens with one attached hydrogen (secondary N) is 1. The number of aryl methyl sites for hydroxylation is 1. The van der Waals surface area contributed by atoms with Gasteiger partial charge in [0.25, 0.3) is 5.91 Å². The zero-order valence-corrected chi connectivity index (χ0v) is 11.5. The summed E-state index contributed by atoms with van der Waals surface area (Å²) in [6.07, 6.45) is 1.32. The van der Waals surface area contributed by atoms with Gasteiger partial charge >= 0.3 is 5.97 Å². The Morgan fingerprint density at radius 1 is 1.42 bits per heavy atom. The van der Waals surface area contributed by atoms with Gasteiger partial charge in [-0.2, -0.15) is 0 Å². The molecule has 1 heterocycles. The fraction of sp³-hybridized carbons (Fsp3) is 0.462. The Bertz CT molecular complexity index is 560. The molecule has 1 aromatic rings. The third kappa shape index (κ3) is 2.83. The molecule has 6 heteroatoms. The average Bonchev–Trinajstić information content (AvgIpc) is 2.28. The van der Waals surface area contributed by atoms with Crippen LogP contribution in [0.5, 0.6) is 0 Å². The Morgan fingerprint density at radius 3 is 2.42 bits per heavy atom. The number of nitrogens with zero attached hydrogens (tertiary/aromatic N) is 1. The van der Waals surface area contributed by atoms with Gasteiger partial charge in [-0.15, -0.1) is 0 Å². The summed E-state index contributed by atoms with van der Waals surface area (Å²) in [6.45, 7) is 6.43. The van der Waals surface area contributed by atoms with E-state index in [1.807, 2.05) is 0 Å². The van der Waals surface area contributed by atoms with E-state index in [1.54, 1.807) is 13.8 Å². The fourth-order valence-electron chi connectivity index (χ4n) is 1.79. The van der Waals surface area contributed by atoms with Crippen LogP contribution < -0.4 is 5.43 Å². The summed E-state index contributed by atoms with van der Waals surface area (Å²) in [5.74, 6) is -1.71. The number of aliphatic carboxylic acids is 1. The third-order valence-electron chi connectivity index (χ3n) is 3.05. The summed E-state index contributed by atoms with van der Waals surface area (Å²) in [5.41, 5.74) is -1.20. The topological polar surface area (TPSA) is 90.5 Å². The van der Waals surface area contributed by atoms with Crippen LogP contribution in [0.4, 0.5) is 0 Å². The minimum absolute atomic E-state index is 0.0539. The van der Waals surface area contributed by atoms with E-state index in [2.05, 4.69) is 4.98 Å². The largest absolute Gasteiger partial charge is 0.480 e. The predicted molar refractivity (Wildman–Crippen MR) is 70.2 cm³/mol. The van der Waals surface area contributed by atoms with E-state index in [0.717, 1.165) is 4.90 Å². The van der Waals surface area contributed by atoms with Crippen LogP contribution in [0.25, 0.3) is 0 Å². The van der Waals surface area contributed by atoms with Crippen molar-refractivity contribution in [3.63, 3.8) is 0 Å². The maximum absolute atomic E-state index is 12.3. The number of aromatic amines is 1. The second kappa shape index (κ2) is 5.26. The summed E-state index contributed by atoms with van der Waals surface area (Å²) in [4.78, 5) is 39.3. The Morgan fingerprint density at radius 2 is 2.00 bits per heavy atom. The van der Waals surface area contributed by atoms with Gasteiger partial charge in [0.15, 0.2) is 5.43 Å². The molecule has 0 spiro atoms. The molecule has 104 valence electrons. The van der Waals surface area contributed by atoms with E-state index in [1.165, 1.54) is 26.1 Å². The number of carboxylic acid groups (broad SMARTS) is 1. The molecule has 0 aromatic carbocycles. The van der Waals surface area contributed by atoms with Crippen molar-refractivity contribution >= 4 is 11.9 Å². The number of H-pyrrole nitrogens is 1. The molecule has 6 nitrogen and oxygen atoms in total. The molecule has 0 radical (unpaired) electrons. The highest BCUT2D eigenvalue weighted by atomic mass is 16.4. The Labute approximate surface area is 111 Å². The number of hydrogen-bond acceptors (Lipinski definition) is 3. The summed E-state index contributed by atoms with van der Waals surface area (Å²) >= 11 is 0. The predicted octanol–water partition coefficient (Wildman–Crippen LogP) is 1.01. The summed E-state index contributed by atoms with van der Waals surface area (Å²) in [5, 5.41) is 9.17. The molecule has 19 heavy (non-hydrogen) atoms. The van der Waals surface area contributed by atoms with Crippen LogP contribution >= 0.6 is 0 Å². The highest BCUT2D eigenvalue weighted by molar-refractivity contribution is 5.97. The van der Waals surface area contributed by atoms with E-state index in [0.29, 0.717) is 5.69 Å². The van der Waals surface area contributed by atoms with E-state index in [-0.39, 0.29) is 12.1 Å². The van der Waals surface area contributed by atoms with Gasteiger partial charge in [0.2, 0.25) is 0 Å². The van der Waals surface area contributed by atoms with Gasteiger partial charge < -0.3 is 15.0 Å².